The molecule has 122 valence electrons. The predicted molar refractivity (Wildman–Crippen MR) is 92.5 cm³/mol. The van der Waals surface area contributed by atoms with E-state index in [1.54, 1.807) is 11.3 Å². The molecule has 0 saturated carbocycles. The molecule has 3 nitrogen and oxygen atoms in total. The van der Waals surface area contributed by atoms with Crippen LogP contribution in [-0.4, -0.2) is 29.9 Å². The Morgan fingerprint density at radius 1 is 1.23 bits per heavy atom. The lowest BCUT2D eigenvalue weighted by Crippen LogP contribution is -2.42. The van der Waals surface area contributed by atoms with Gasteiger partial charge in [-0.25, -0.2) is 0 Å². The molecule has 0 bridgehead atoms. The second-order valence-electron chi connectivity index (χ2n) is 6.96. The van der Waals surface area contributed by atoms with Crippen molar-refractivity contribution in [1.82, 2.24) is 4.90 Å². The molecule has 22 heavy (non-hydrogen) atoms. The number of carbonyl (C=O) groups is 1. The largest absolute Gasteiger partial charge is 0.338 e. The number of aryl methyl sites for hydroxylation is 2. The van der Waals surface area contributed by atoms with Gasteiger partial charge in [0.1, 0.15) is 0 Å². The minimum absolute atomic E-state index is 0.249. The standard InChI is InChI=1S/C18H28N2OS/c1-13(19)14-8-10-20(11-9-14)18(21)17-12-15-6-4-2-3-5-7-16(15)22-17/h12-14H,2-11,19H2,1H3. The van der Waals surface area contributed by atoms with E-state index in [0.717, 1.165) is 37.2 Å². The van der Waals surface area contributed by atoms with E-state index >= 15 is 0 Å². The van der Waals surface area contributed by atoms with Gasteiger partial charge in [0.2, 0.25) is 0 Å². The summed E-state index contributed by atoms with van der Waals surface area (Å²) in [5.74, 6) is 0.826. The van der Waals surface area contributed by atoms with Crippen LogP contribution in [0.5, 0.6) is 0 Å². The summed E-state index contributed by atoms with van der Waals surface area (Å²) in [5.41, 5.74) is 7.44. The summed E-state index contributed by atoms with van der Waals surface area (Å²) in [6, 6.07) is 2.43. The van der Waals surface area contributed by atoms with Crippen molar-refractivity contribution in [2.45, 2.75) is 64.3 Å². The molecule has 1 aromatic heterocycles. The normalized spacial score (nSPS) is 21.8. The number of piperidine rings is 1. The van der Waals surface area contributed by atoms with Gasteiger partial charge >= 0.3 is 0 Å². The second kappa shape index (κ2) is 7.14. The van der Waals surface area contributed by atoms with Crippen LogP contribution in [0, 0.1) is 5.92 Å². The highest BCUT2D eigenvalue weighted by Crippen LogP contribution is 2.30. The lowest BCUT2D eigenvalue weighted by Gasteiger charge is -2.33. The Morgan fingerprint density at radius 2 is 1.91 bits per heavy atom. The number of thiophene rings is 1. The summed E-state index contributed by atoms with van der Waals surface area (Å²) in [6.07, 6.45) is 9.65. The fraction of sp³-hybridized carbons (Fsp3) is 0.722. The van der Waals surface area contributed by atoms with Crippen LogP contribution in [-0.2, 0) is 12.8 Å². The highest BCUT2D eigenvalue weighted by atomic mass is 32.1. The van der Waals surface area contributed by atoms with E-state index in [2.05, 4.69) is 13.0 Å². The molecule has 1 atom stereocenters. The van der Waals surface area contributed by atoms with E-state index in [1.165, 1.54) is 42.5 Å². The molecule has 3 rings (SSSR count). The quantitative estimate of drug-likeness (QED) is 0.905. The van der Waals surface area contributed by atoms with Gasteiger partial charge in [-0.15, -0.1) is 11.3 Å². The lowest BCUT2D eigenvalue weighted by atomic mass is 9.91. The number of rotatable bonds is 2. The molecule has 1 amide bonds. The molecule has 2 aliphatic rings. The van der Waals surface area contributed by atoms with Crippen LogP contribution in [0.2, 0.25) is 0 Å². The van der Waals surface area contributed by atoms with Crippen LogP contribution < -0.4 is 5.73 Å². The molecule has 2 heterocycles. The zero-order valence-electron chi connectivity index (χ0n) is 13.6. The Morgan fingerprint density at radius 3 is 2.59 bits per heavy atom. The first-order chi connectivity index (χ1) is 10.6. The van der Waals surface area contributed by atoms with Gasteiger partial charge < -0.3 is 10.6 Å². The first-order valence-corrected chi connectivity index (χ1v) is 9.63. The zero-order valence-corrected chi connectivity index (χ0v) is 14.5. The van der Waals surface area contributed by atoms with Crippen LogP contribution in [0.1, 0.15) is 65.6 Å². The Balaban J connectivity index is 1.66. The number of amides is 1. The van der Waals surface area contributed by atoms with E-state index < -0.39 is 0 Å². The van der Waals surface area contributed by atoms with Gasteiger partial charge in [-0.3, -0.25) is 4.79 Å². The third kappa shape index (κ3) is 3.54. The lowest BCUT2D eigenvalue weighted by molar-refractivity contribution is 0.0686. The Labute approximate surface area is 137 Å². The number of hydrogen-bond donors (Lipinski definition) is 1. The fourth-order valence-electron chi connectivity index (χ4n) is 3.73. The number of fused-ring (bicyclic) bond motifs is 1. The number of hydrogen-bond acceptors (Lipinski definition) is 3. The summed E-state index contributed by atoms with van der Waals surface area (Å²) in [4.78, 5) is 17.2. The van der Waals surface area contributed by atoms with Crippen molar-refractivity contribution < 1.29 is 4.79 Å². The summed E-state index contributed by atoms with van der Waals surface area (Å²) in [6.45, 7) is 3.82. The molecule has 2 N–H and O–H groups in total. The van der Waals surface area contributed by atoms with Crippen LogP contribution in [0.3, 0.4) is 0 Å². The molecule has 0 radical (unpaired) electrons. The van der Waals surface area contributed by atoms with Crippen LogP contribution in [0.25, 0.3) is 0 Å². The van der Waals surface area contributed by atoms with E-state index in [4.69, 9.17) is 5.73 Å². The molecule has 0 spiro atoms. The first kappa shape index (κ1) is 16.0. The maximum Gasteiger partial charge on any atom is 0.263 e. The molecule has 1 unspecified atom stereocenters. The zero-order chi connectivity index (χ0) is 15.5. The molecule has 1 saturated heterocycles. The summed E-state index contributed by atoms with van der Waals surface area (Å²) in [7, 11) is 0. The summed E-state index contributed by atoms with van der Waals surface area (Å²) >= 11 is 1.75. The Kier molecular flexibility index (Phi) is 5.19. The highest BCUT2D eigenvalue weighted by molar-refractivity contribution is 7.14. The SMILES string of the molecule is CC(N)C1CCN(C(=O)c2cc3c(s2)CCCCCC3)CC1. The van der Waals surface area contributed by atoms with E-state index in [9.17, 15) is 4.79 Å². The van der Waals surface area contributed by atoms with Gasteiger partial charge in [-0.1, -0.05) is 12.8 Å². The molecule has 1 aliphatic heterocycles. The van der Waals surface area contributed by atoms with Gasteiger partial charge in [0.25, 0.3) is 5.91 Å². The predicted octanol–water partition coefficient (Wildman–Crippen LogP) is 3.61. The molecule has 1 aliphatic carbocycles. The maximum absolute atomic E-state index is 12.8. The van der Waals surface area contributed by atoms with Crippen molar-refractivity contribution in [3.05, 3.63) is 21.4 Å². The summed E-state index contributed by atoms with van der Waals surface area (Å²) in [5, 5.41) is 0. The fourth-order valence-corrected chi connectivity index (χ4v) is 4.96. The van der Waals surface area contributed by atoms with Crippen molar-refractivity contribution in [3.63, 3.8) is 0 Å². The molecule has 0 aromatic carbocycles. The van der Waals surface area contributed by atoms with Gasteiger partial charge in [0, 0.05) is 24.0 Å². The molecule has 1 fully saturated rings. The Bertz CT molecular complexity index is 490. The van der Waals surface area contributed by atoms with Gasteiger partial charge in [-0.05, 0) is 63.0 Å². The Hall–Kier alpha value is -0.870. The van der Waals surface area contributed by atoms with Gasteiger partial charge in [0.05, 0.1) is 4.88 Å². The van der Waals surface area contributed by atoms with Gasteiger partial charge in [0.15, 0.2) is 0 Å². The van der Waals surface area contributed by atoms with E-state index in [1.807, 2.05) is 4.90 Å². The van der Waals surface area contributed by atoms with Crippen LogP contribution >= 0.6 is 11.3 Å². The average Bonchev–Trinajstić information content (AvgIpc) is 2.89. The number of carbonyl (C=O) groups excluding carboxylic acids is 1. The van der Waals surface area contributed by atoms with E-state index in [-0.39, 0.29) is 11.9 Å². The van der Waals surface area contributed by atoms with Crippen LogP contribution in [0.4, 0.5) is 0 Å². The topological polar surface area (TPSA) is 46.3 Å². The minimum Gasteiger partial charge on any atom is -0.338 e. The smallest absolute Gasteiger partial charge is 0.263 e. The highest BCUT2D eigenvalue weighted by Gasteiger charge is 2.27. The molecular weight excluding hydrogens is 292 g/mol. The third-order valence-electron chi connectivity index (χ3n) is 5.28. The van der Waals surface area contributed by atoms with Crippen molar-refractivity contribution in [1.29, 1.82) is 0 Å². The molecular formula is C18H28N2OS. The van der Waals surface area contributed by atoms with Crippen molar-refractivity contribution >= 4 is 17.2 Å². The van der Waals surface area contributed by atoms with Crippen LogP contribution in [0.15, 0.2) is 6.07 Å². The molecule has 4 heteroatoms. The third-order valence-corrected chi connectivity index (χ3v) is 6.50. The maximum atomic E-state index is 12.8. The van der Waals surface area contributed by atoms with Crippen molar-refractivity contribution in [3.8, 4) is 0 Å². The number of nitrogens with two attached hydrogens (primary N) is 1. The molecule has 1 aromatic rings. The summed E-state index contributed by atoms with van der Waals surface area (Å²) < 4.78 is 0. The minimum atomic E-state index is 0.249. The average molecular weight is 321 g/mol. The van der Waals surface area contributed by atoms with Crippen molar-refractivity contribution in [2.75, 3.05) is 13.1 Å². The second-order valence-corrected chi connectivity index (χ2v) is 8.10. The van der Waals surface area contributed by atoms with Crippen molar-refractivity contribution in [2.24, 2.45) is 11.7 Å². The first-order valence-electron chi connectivity index (χ1n) is 8.81. The number of likely N-dealkylation sites (tertiary alicyclic amines) is 1. The monoisotopic (exact) mass is 320 g/mol. The van der Waals surface area contributed by atoms with E-state index in [0.29, 0.717) is 5.92 Å². The van der Waals surface area contributed by atoms with Gasteiger partial charge in [-0.2, -0.15) is 0 Å². The number of nitrogens with zero attached hydrogens (tertiary/aromatic N) is 1.